The number of benzene rings is 2. The van der Waals surface area contributed by atoms with E-state index in [4.69, 9.17) is 11.6 Å². The van der Waals surface area contributed by atoms with E-state index in [2.05, 4.69) is 21.2 Å². The van der Waals surface area contributed by atoms with Gasteiger partial charge in [-0.1, -0.05) is 23.7 Å². The predicted molar refractivity (Wildman–Crippen MR) is 72.9 cm³/mol. The lowest BCUT2D eigenvalue weighted by Gasteiger charge is -2.08. The Kier molecular flexibility index (Phi) is 4.02. The molecule has 0 aliphatic heterocycles. The van der Waals surface area contributed by atoms with Crippen molar-refractivity contribution in [3.8, 4) is 0 Å². The van der Waals surface area contributed by atoms with Gasteiger partial charge in [-0.25, -0.2) is 4.39 Å². The molecule has 0 unspecified atom stereocenters. The minimum absolute atomic E-state index is 0.221. The van der Waals surface area contributed by atoms with Crippen LogP contribution in [-0.2, 0) is 6.54 Å². The van der Waals surface area contributed by atoms with Gasteiger partial charge >= 0.3 is 0 Å². The van der Waals surface area contributed by atoms with E-state index in [1.165, 1.54) is 12.1 Å². The molecule has 0 aliphatic rings. The van der Waals surface area contributed by atoms with Crippen LogP contribution in [0.25, 0.3) is 0 Å². The van der Waals surface area contributed by atoms with E-state index >= 15 is 0 Å². The van der Waals surface area contributed by atoms with Crippen molar-refractivity contribution in [3.05, 3.63) is 63.3 Å². The molecule has 0 heterocycles. The first-order chi connectivity index (χ1) is 8.15. The molecule has 0 spiro atoms. The zero-order valence-corrected chi connectivity index (χ0v) is 11.2. The van der Waals surface area contributed by atoms with Gasteiger partial charge in [0.2, 0.25) is 0 Å². The Hall–Kier alpha value is -1.06. The van der Waals surface area contributed by atoms with Crippen molar-refractivity contribution >= 4 is 33.2 Å². The highest BCUT2D eigenvalue weighted by atomic mass is 79.9. The minimum Gasteiger partial charge on any atom is -0.380 e. The minimum atomic E-state index is -0.221. The van der Waals surface area contributed by atoms with Crippen LogP contribution in [0.5, 0.6) is 0 Å². The first kappa shape index (κ1) is 12.4. The summed E-state index contributed by atoms with van der Waals surface area (Å²) in [6.45, 7) is 0.639. The molecular formula is C13H10BrClFN. The molecule has 17 heavy (non-hydrogen) atoms. The van der Waals surface area contributed by atoms with E-state index in [-0.39, 0.29) is 5.82 Å². The van der Waals surface area contributed by atoms with E-state index in [1.807, 2.05) is 18.2 Å². The SMILES string of the molecule is Fc1ccc(CNc2ccc(Cl)cc2Br)cc1. The molecule has 88 valence electrons. The van der Waals surface area contributed by atoms with Crippen LogP contribution in [0.1, 0.15) is 5.56 Å². The number of rotatable bonds is 3. The molecule has 1 N–H and O–H groups in total. The highest BCUT2D eigenvalue weighted by Crippen LogP contribution is 2.26. The maximum atomic E-state index is 12.7. The van der Waals surface area contributed by atoms with Crippen LogP contribution in [0, 0.1) is 5.82 Å². The standard InChI is InChI=1S/C13H10BrClFN/c14-12-7-10(15)3-6-13(12)17-8-9-1-4-11(16)5-2-9/h1-7,17H,8H2. The quantitative estimate of drug-likeness (QED) is 0.853. The van der Waals surface area contributed by atoms with Gasteiger partial charge in [0.05, 0.1) is 0 Å². The van der Waals surface area contributed by atoms with Crippen molar-refractivity contribution in [2.75, 3.05) is 5.32 Å². The molecule has 2 rings (SSSR count). The first-order valence-corrected chi connectivity index (χ1v) is 6.25. The summed E-state index contributed by atoms with van der Waals surface area (Å²) in [5.41, 5.74) is 1.98. The summed E-state index contributed by atoms with van der Waals surface area (Å²) >= 11 is 9.28. The third kappa shape index (κ3) is 3.45. The monoisotopic (exact) mass is 313 g/mol. The van der Waals surface area contributed by atoms with Crippen LogP contribution in [-0.4, -0.2) is 0 Å². The second kappa shape index (κ2) is 5.52. The van der Waals surface area contributed by atoms with E-state index in [0.717, 1.165) is 15.7 Å². The van der Waals surface area contributed by atoms with Crippen molar-refractivity contribution in [2.24, 2.45) is 0 Å². The maximum absolute atomic E-state index is 12.7. The molecule has 0 radical (unpaired) electrons. The molecule has 0 bridgehead atoms. The smallest absolute Gasteiger partial charge is 0.123 e. The maximum Gasteiger partial charge on any atom is 0.123 e. The van der Waals surface area contributed by atoms with Crippen molar-refractivity contribution in [1.29, 1.82) is 0 Å². The van der Waals surface area contributed by atoms with Gasteiger partial charge in [0.1, 0.15) is 5.82 Å². The van der Waals surface area contributed by atoms with Crippen LogP contribution in [0.3, 0.4) is 0 Å². The molecule has 0 amide bonds. The molecule has 0 saturated heterocycles. The lowest BCUT2D eigenvalue weighted by Crippen LogP contribution is -1.99. The van der Waals surface area contributed by atoms with Gasteiger partial charge in [-0.15, -0.1) is 0 Å². The van der Waals surface area contributed by atoms with Gasteiger partial charge in [0, 0.05) is 21.7 Å². The summed E-state index contributed by atoms with van der Waals surface area (Å²) in [5, 5.41) is 3.93. The van der Waals surface area contributed by atoms with E-state index < -0.39 is 0 Å². The Morgan fingerprint density at radius 1 is 1.12 bits per heavy atom. The fraction of sp³-hybridized carbons (Fsp3) is 0.0769. The molecule has 0 aromatic heterocycles. The molecule has 1 nitrogen and oxygen atoms in total. The summed E-state index contributed by atoms with van der Waals surface area (Å²) in [6, 6.07) is 12.0. The summed E-state index contributed by atoms with van der Waals surface area (Å²) < 4.78 is 13.6. The van der Waals surface area contributed by atoms with Crippen LogP contribution in [0.4, 0.5) is 10.1 Å². The number of nitrogens with one attached hydrogen (secondary N) is 1. The van der Waals surface area contributed by atoms with Gasteiger partial charge in [-0.05, 0) is 51.8 Å². The van der Waals surface area contributed by atoms with Crippen molar-refractivity contribution < 1.29 is 4.39 Å². The predicted octanol–water partition coefficient (Wildman–Crippen LogP) is 4.85. The molecule has 0 atom stereocenters. The Morgan fingerprint density at radius 3 is 2.47 bits per heavy atom. The van der Waals surface area contributed by atoms with Crippen LogP contribution < -0.4 is 5.32 Å². The second-order valence-corrected chi connectivity index (χ2v) is 4.89. The van der Waals surface area contributed by atoms with Crippen molar-refractivity contribution in [2.45, 2.75) is 6.54 Å². The molecule has 0 saturated carbocycles. The average molecular weight is 315 g/mol. The lowest BCUT2D eigenvalue weighted by molar-refractivity contribution is 0.627. The Bertz CT molecular complexity index is 513. The topological polar surface area (TPSA) is 12.0 Å². The van der Waals surface area contributed by atoms with Gasteiger partial charge in [-0.3, -0.25) is 0 Å². The molecule has 2 aromatic rings. The molecule has 0 fully saturated rings. The summed E-state index contributed by atoms with van der Waals surface area (Å²) in [5.74, 6) is -0.221. The lowest BCUT2D eigenvalue weighted by atomic mass is 10.2. The van der Waals surface area contributed by atoms with E-state index in [9.17, 15) is 4.39 Å². The van der Waals surface area contributed by atoms with Gasteiger partial charge in [-0.2, -0.15) is 0 Å². The number of halogens is 3. The summed E-state index contributed by atoms with van der Waals surface area (Å²) in [4.78, 5) is 0. The Balaban J connectivity index is 2.04. The molecular weight excluding hydrogens is 305 g/mol. The van der Waals surface area contributed by atoms with Gasteiger partial charge in [0.15, 0.2) is 0 Å². The van der Waals surface area contributed by atoms with Crippen LogP contribution >= 0.6 is 27.5 Å². The van der Waals surface area contributed by atoms with E-state index in [0.29, 0.717) is 11.6 Å². The molecule has 2 aromatic carbocycles. The molecule has 0 aliphatic carbocycles. The second-order valence-electron chi connectivity index (χ2n) is 3.60. The normalized spacial score (nSPS) is 10.3. The zero-order valence-electron chi connectivity index (χ0n) is 8.88. The summed E-state index contributed by atoms with van der Waals surface area (Å²) in [7, 11) is 0. The fourth-order valence-corrected chi connectivity index (χ4v) is 2.26. The average Bonchev–Trinajstić information content (AvgIpc) is 2.30. The number of anilines is 1. The largest absolute Gasteiger partial charge is 0.380 e. The van der Waals surface area contributed by atoms with Gasteiger partial charge in [0.25, 0.3) is 0 Å². The third-order valence-electron chi connectivity index (χ3n) is 2.33. The van der Waals surface area contributed by atoms with E-state index in [1.54, 1.807) is 12.1 Å². The zero-order chi connectivity index (χ0) is 12.3. The van der Waals surface area contributed by atoms with Crippen molar-refractivity contribution in [3.63, 3.8) is 0 Å². The third-order valence-corrected chi connectivity index (χ3v) is 3.22. The highest BCUT2D eigenvalue weighted by Gasteiger charge is 2.00. The fourth-order valence-electron chi connectivity index (χ4n) is 1.43. The van der Waals surface area contributed by atoms with Crippen molar-refractivity contribution in [1.82, 2.24) is 0 Å². The first-order valence-electron chi connectivity index (χ1n) is 5.08. The molecule has 4 heteroatoms. The van der Waals surface area contributed by atoms with Crippen LogP contribution in [0.15, 0.2) is 46.9 Å². The number of hydrogen-bond acceptors (Lipinski definition) is 1. The Labute approximate surface area is 113 Å². The van der Waals surface area contributed by atoms with Crippen LogP contribution in [0.2, 0.25) is 5.02 Å². The Morgan fingerprint density at radius 2 is 1.82 bits per heavy atom. The summed E-state index contributed by atoms with van der Waals surface area (Å²) in [6.07, 6.45) is 0. The highest BCUT2D eigenvalue weighted by molar-refractivity contribution is 9.10. The van der Waals surface area contributed by atoms with Gasteiger partial charge < -0.3 is 5.32 Å². The number of hydrogen-bond donors (Lipinski definition) is 1.